The van der Waals surface area contributed by atoms with Crippen molar-refractivity contribution in [2.75, 3.05) is 44.7 Å². The number of hydrogen-bond donors (Lipinski definition) is 2. The number of aliphatic imine (C=N–C) groups is 1. The van der Waals surface area contributed by atoms with Crippen LogP contribution in [-0.2, 0) is 0 Å². The quantitative estimate of drug-likeness (QED) is 0.620. The molecule has 1 saturated heterocycles. The fraction of sp³-hybridized carbons (Fsp3) is 0.350. The summed E-state index contributed by atoms with van der Waals surface area (Å²) in [6.07, 6.45) is -0.713. The highest BCUT2D eigenvalue weighted by Crippen LogP contribution is 2.19. The van der Waals surface area contributed by atoms with Crippen molar-refractivity contribution in [2.24, 2.45) is 10.7 Å². The summed E-state index contributed by atoms with van der Waals surface area (Å²) in [5.41, 5.74) is 7.87. The average molecular weight is 372 g/mol. The van der Waals surface area contributed by atoms with Crippen LogP contribution < -0.4 is 15.4 Å². The van der Waals surface area contributed by atoms with Crippen LogP contribution in [-0.4, -0.2) is 55.8 Å². The summed E-state index contributed by atoms with van der Waals surface area (Å²) >= 11 is 0. The van der Waals surface area contributed by atoms with E-state index in [9.17, 15) is 9.50 Å². The predicted octanol–water partition coefficient (Wildman–Crippen LogP) is 2.00. The van der Waals surface area contributed by atoms with Gasteiger partial charge in [0, 0.05) is 31.9 Å². The van der Waals surface area contributed by atoms with E-state index in [1.54, 1.807) is 31.4 Å². The van der Waals surface area contributed by atoms with E-state index in [0.717, 1.165) is 43.2 Å². The van der Waals surface area contributed by atoms with E-state index in [0.29, 0.717) is 5.96 Å². The number of aliphatic hydroxyl groups is 1. The number of benzene rings is 2. The molecular weight excluding hydrogens is 347 g/mol. The first-order valence-corrected chi connectivity index (χ1v) is 8.94. The third-order valence-electron chi connectivity index (χ3n) is 4.72. The first kappa shape index (κ1) is 19.0. The molecule has 1 aliphatic heterocycles. The average Bonchev–Trinajstić information content (AvgIpc) is 2.72. The summed E-state index contributed by atoms with van der Waals surface area (Å²) in [7, 11) is 1.60. The van der Waals surface area contributed by atoms with Gasteiger partial charge >= 0.3 is 0 Å². The van der Waals surface area contributed by atoms with Gasteiger partial charge in [0.25, 0.3) is 0 Å². The molecule has 144 valence electrons. The third kappa shape index (κ3) is 4.89. The number of halogens is 1. The summed E-state index contributed by atoms with van der Waals surface area (Å²) < 4.78 is 18.2. The molecule has 0 amide bonds. The number of piperazine rings is 1. The van der Waals surface area contributed by atoms with Crippen LogP contribution in [0, 0.1) is 5.82 Å². The molecule has 0 saturated carbocycles. The van der Waals surface area contributed by atoms with E-state index in [2.05, 4.69) is 9.89 Å². The molecule has 27 heavy (non-hydrogen) atoms. The number of nitrogens with zero attached hydrogens (tertiary/aromatic N) is 3. The molecule has 0 aliphatic carbocycles. The molecule has 1 fully saturated rings. The Kier molecular flexibility index (Phi) is 6.13. The largest absolute Gasteiger partial charge is 0.497 e. The zero-order valence-corrected chi connectivity index (χ0v) is 15.4. The van der Waals surface area contributed by atoms with Crippen LogP contribution in [0.25, 0.3) is 0 Å². The third-order valence-corrected chi connectivity index (χ3v) is 4.72. The van der Waals surface area contributed by atoms with Crippen molar-refractivity contribution in [2.45, 2.75) is 6.10 Å². The summed E-state index contributed by atoms with van der Waals surface area (Å²) in [4.78, 5) is 8.54. The number of anilines is 1. The number of methoxy groups -OCH3 is 1. The van der Waals surface area contributed by atoms with E-state index in [1.807, 2.05) is 17.0 Å². The van der Waals surface area contributed by atoms with Gasteiger partial charge in [-0.05, 0) is 42.0 Å². The zero-order valence-electron chi connectivity index (χ0n) is 15.4. The number of guanidine groups is 1. The zero-order chi connectivity index (χ0) is 19.2. The van der Waals surface area contributed by atoms with E-state index < -0.39 is 6.10 Å². The molecule has 0 bridgehead atoms. The van der Waals surface area contributed by atoms with Gasteiger partial charge in [-0.2, -0.15) is 0 Å². The van der Waals surface area contributed by atoms with Crippen LogP contribution in [0.2, 0.25) is 0 Å². The Morgan fingerprint density at radius 2 is 1.74 bits per heavy atom. The molecular formula is C20H25FN4O2. The Hall–Kier alpha value is -2.80. The molecule has 1 heterocycles. The molecule has 1 atom stereocenters. The monoisotopic (exact) mass is 372 g/mol. The molecule has 0 aromatic heterocycles. The normalized spacial score (nSPS) is 16.3. The molecule has 0 radical (unpaired) electrons. The minimum Gasteiger partial charge on any atom is -0.497 e. The number of ether oxygens (including phenoxy) is 1. The van der Waals surface area contributed by atoms with Crippen molar-refractivity contribution >= 4 is 11.6 Å². The lowest BCUT2D eigenvalue weighted by Gasteiger charge is -2.36. The fourth-order valence-electron chi connectivity index (χ4n) is 3.06. The second-order valence-corrected chi connectivity index (χ2v) is 6.44. The van der Waals surface area contributed by atoms with Crippen LogP contribution in [0.3, 0.4) is 0 Å². The van der Waals surface area contributed by atoms with Gasteiger partial charge in [-0.25, -0.2) is 4.39 Å². The van der Waals surface area contributed by atoms with Gasteiger partial charge in [0.1, 0.15) is 11.6 Å². The smallest absolute Gasteiger partial charge is 0.191 e. The number of nitrogens with two attached hydrogens (primary N) is 1. The molecule has 7 heteroatoms. The molecule has 2 aromatic rings. The first-order valence-electron chi connectivity index (χ1n) is 8.94. The minimum atomic E-state index is -0.713. The topological polar surface area (TPSA) is 74.3 Å². The summed E-state index contributed by atoms with van der Waals surface area (Å²) in [5, 5.41) is 10.3. The Morgan fingerprint density at radius 1 is 1.11 bits per heavy atom. The number of rotatable bonds is 5. The number of aliphatic hydroxyl groups excluding tert-OH is 1. The highest BCUT2D eigenvalue weighted by atomic mass is 19.1. The Balaban J connectivity index is 1.51. The lowest BCUT2D eigenvalue weighted by Crippen LogP contribution is -2.51. The second-order valence-electron chi connectivity index (χ2n) is 6.44. The van der Waals surface area contributed by atoms with E-state index >= 15 is 0 Å². The van der Waals surface area contributed by atoms with Crippen molar-refractivity contribution in [3.05, 3.63) is 59.9 Å². The molecule has 1 aliphatic rings. The molecule has 6 nitrogen and oxygen atoms in total. The van der Waals surface area contributed by atoms with Gasteiger partial charge in [0.05, 0.1) is 19.8 Å². The van der Waals surface area contributed by atoms with Crippen LogP contribution in [0.15, 0.2) is 53.5 Å². The molecule has 3 rings (SSSR count). The number of hydrogen-bond acceptors (Lipinski definition) is 4. The summed E-state index contributed by atoms with van der Waals surface area (Å²) in [6, 6.07) is 13.8. The Bertz CT molecular complexity index is 757. The highest BCUT2D eigenvalue weighted by Gasteiger charge is 2.19. The van der Waals surface area contributed by atoms with Crippen molar-refractivity contribution in [1.82, 2.24) is 4.90 Å². The highest BCUT2D eigenvalue weighted by molar-refractivity contribution is 5.78. The maximum Gasteiger partial charge on any atom is 0.191 e. The molecule has 2 aromatic carbocycles. The molecule has 0 spiro atoms. The van der Waals surface area contributed by atoms with Gasteiger partial charge < -0.3 is 25.4 Å². The standard InChI is InChI=1S/C20H25FN4O2/c1-27-18-8-2-15(3-9-18)19(26)14-23-20(22)25-12-10-24(11-13-25)17-6-4-16(21)5-7-17/h2-9,19,26H,10-14H2,1H3,(H2,22,23). The van der Waals surface area contributed by atoms with Crippen molar-refractivity contribution in [3.63, 3.8) is 0 Å². The summed E-state index contributed by atoms with van der Waals surface area (Å²) in [6.45, 7) is 3.22. The fourth-order valence-corrected chi connectivity index (χ4v) is 3.06. The lowest BCUT2D eigenvalue weighted by molar-refractivity contribution is 0.186. The molecule has 1 unspecified atom stereocenters. The lowest BCUT2D eigenvalue weighted by atomic mass is 10.1. The minimum absolute atomic E-state index is 0.205. The SMILES string of the molecule is COc1ccc(C(O)CN=C(N)N2CCN(c3ccc(F)cc3)CC2)cc1. The summed E-state index contributed by atoms with van der Waals surface area (Å²) in [5.74, 6) is 0.943. The van der Waals surface area contributed by atoms with Gasteiger partial charge in [0.2, 0.25) is 0 Å². The van der Waals surface area contributed by atoms with Crippen LogP contribution in [0.4, 0.5) is 10.1 Å². The van der Waals surface area contributed by atoms with Gasteiger partial charge in [0.15, 0.2) is 5.96 Å². The van der Waals surface area contributed by atoms with E-state index in [4.69, 9.17) is 10.5 Å². The first-order chi connectivity index (χ1) is 13.1. The van der Waals surface area contributed by atoms with Crippen molar-refractivity contribution < 1.29 is 14.2 Å². The maximum atomic E-state index is 13.0. The predicted molar refractivity (Wildman–Crippen MR) is 105 cm³/mol. The van der Waals surface area contributed by atoms with E-state index in [1.165, 1.54) is 12.1 Å². The van der Waals surface area contributed by atoms with Crippen molar-refractivity contribution in [1.29, 1.82) is 0 Å². The Labute approximate surface area is 158 Å². The van der Waals surface area contributed by atoms with E-state index in [-0.39, 0.29) is 12.4 Å². The van der Waals surface area contributed by atoms with Gasteiger partial charge in [-0.15, -0.1) is 0 Å². The van der Waals surface area contributed by atoms with Crippen LogP contribution >= 0.6 is 0 Å². The molecule has 3 N–H and O–H groups in total. The Morgan fingerprint density at radius 3 is 2.33 bits per heavy atom. The maximum absolute atomic E-state index is 13.0. The van der Waals surface area contributed by atoms with Gasteiger partial charge in [-0.1, -0.05) is 12.1 Å². The second kappa shape index (κ2) is 8.73. The van der Waals surface area contributed by atoms with Crippen LogP contribution in [0.1, 0.15) is 11.7 Å². The van der Waals surface area contributed by atoms with Crippen molar-refractivity contribution in [3.8, 4) is 5.75 Å². The van der Waals surface area contributed by atoms with Gasteiger partial charge in [-0.3, -0.25) is 4.99 Å². The van der Waals surface area contributed by atoms with Crippen LogP contribution in [0.5, 0.6) is 5.75 Å².